The van der Waals surface area contributed by atoms with Crippen LogP contribution in [0.4, 0.5) is 0 Å². The SMILES string of the molecule is CCNC(=NCC(O)c1ccc(OC)cc1)NCCC(C)C.I. The zero-order valence-electron chi connectivity index (χ0n) is 14.5. The number of nitrogens with zero attached hydrogens (tertiary/aromatic N) is 1. The first-order valence-electron chi connectivity index (χ1n) is 7.91. The van der Waals surface area contributed by atoms with Crippen LogP contribution in [0.3, 0.4) is 0 Å². The number of hydrogen-bond donors (Lipinski definition) is 3. The number of aliphatic hydroxyl groups excluding tert-OH is 1. The first kappa shape index (κ1) is 22.0. The van der Waals surface area contributed by atoms with Crippen molar-refractivity contribution in [2.24, 2.45) is 10.9 Å². The number of guanidine groups is 1. The van der Waals surface area contributed by atoms with Crippen LogP contribution in [0, 0.1) is 5.92 Å². The van der Waals surface area contributed by atoms with Gasteiger partial charge in [0.15, 0.2) is 5.96 Å². The molecule has 0 saturated carbocycles. The van der Waals surface area contributed by atoms with Crippen LogP contribution < -0.4 is 15.4 Å². The lowest BCUT2D eigenvalue weighted by Crippen LogP contribution is -2.38. The smallest absolute Gasteiger partial charge is 0.191 e. The van der Waals surface area contributed by atoms with Crippen molar-refractivity contribution >= 4 is 29.9 Å². The van der Waals surface area contributed by atoms with Crippen LogP contribution in [0.5, 0.6) is 5.75 Å². The van der Waals surface area contributed by atoms with Crippen LogP contribution >= 0.6 is 24.0 Å². The second-order valence-electron chi connectivity index (χ2n) is 5.62. The van der Waals surface area contributed by atoms with E-state index in [4.69, 9.17) is 4.74 Å². The summed E-state index contributed by atoms with van der Waals surface area (Å²) in [6, 6.07) is 7.40. The van der Waals surface area contributed by atoms with Gasteiger partial charge in [0.05, 0.1) is 19.8 Å². The van der Waals surface area contributed by atoms with Gasteiger partial charge in [0.2, 0.25) is 0 Å². The Morgan fingerprint density at radius 1 is 1.22 bits per heavy atom. The molecule has 0 saturated heterocycles. The van der Waals surface area contributed by atoms with Crippen molar-refractivity contribution in [1.29, 1.82) is 0 Å². The zero-order chi connectivity index (χ0) is 16.4. The summed E-state index contributed by atoms with van der Waals surface area (Å²) in [7, 11) is 1.63. The van der Waals surface area contributed by atoms with Crippen molar-refractivity contribution < 1.29 is 9.84 Å². The zero-order valence-corrected chi connectivity index (χ0v) is 16.8. The molecule has 0 aliphatic carbocycles. The fraction of sp³-hybridized carbons (Fsp3) is 0.588. The molecule has 0 amide bonds. The summed E-state index contributed by atoms with van der Waals surface area (Å²) in [5.41, 5.74) is 0.836. The summed E-state index contributed by atoms with van der Waals surface area (Å²) in [5.74, 6) is 2.18. The first-order chi connectivity index (χ1) is 10.6. The van der Waals surface area contributed by atoms with Crippen molar-refractivity contribution in [2.45, 2.75) is 33.3 Å². The molecule has 0 heterocycles. The fourth-order valence-corrected chi connectivity index (χ4v) is 1.93. The van der Waals surface area contributed by atoms with Gasteiger partial charge in [0, 0.05) is 13.1 Å². The summed E-state index contributed by atoms with van der Waals surface area (Å²) in [6.07, 6.45) is 0.470. The van der Waals surface area contributed by atoms with Gasteiger partial charge >= 0.3 is 0 Å². The molecule has 1 rings (SSSR count). The van der Waals surface area contributed by atoms with Gasteiger partial charge in [-0.3, -0.25) is 4.99 Å². The Kier molecular flexibility index (Phi) is 11.9. The maximum absolute atomic E-state index is 10.2. The number of methoxy groups -OCH3 is 1. The highest BCUT2D eigenvalue weighted by Crippen LogP contribution is 2.17. The molecule has 0 aromatic heterocycles. The van der Waals surface area contributed by atoms with Crippen molar-refractivity contribution in [3.05, 3.63) is 29.8 Å². The Morgan fingerprint density at radius 2 is 1.87 bits per heavy atom. The predicted octanol–water partition coefficient (Wildman–Crippen LogP) is 2.95. The molecule has 6 heteroatoms. The number of aliphatic imine (C=N–C) groups is 1. The molecule has 1 aromatic carbocycles. The molecule has 0 spiro atoms. The van der Waals surface area contributed by atoms with E-state index >= 15 is 0 Å². The first-order valence-corrected chi connectivity index (χ1v) is 7.91. The molecule has 3 N–H and O–H groups in total. The molecule has 5 nitrogen and oxygen atoms in total. The van der Waals surface area contributed by atoms with Gasteiger partial charge in [-0.05, 0) is 37.0 Å². The minimum atomic E-state index is -0.619. The van der Waals surface area contributed by atoms with E-state index in [1.807, 2.05) is 31.2 Å². The fourth-order valence-electron chi connectivity index (χ4n) is 1.93. The van der Waals surface area contributed by atoms with Crippen molar-refractivity contribution in [3.8, 4) is 5.75 Å². The van der Waals surface area contributed by atoms with Gasteiger partial charge < -0.3 is 20.5 Å². The van der Waals surface area contributed by atoms with Gasteiger partial charge in [-0.15, -0.1) is 24.0 Å². The largest absolute Gasteiger partial charge is 0.497 e. The van der Waals surface area contributed by atoms with Crippen LogP contribution in [-0.4, -0.2) is 37.8 Å². The Bertz CT molecular complexity index is 450. The maximum atomic E-state index is 10.2. The second kappa shape index (κ2) is 12.4. The Balaban J connectivity index is 0.00000484. The number of nitrogens with one attached hydrogen (secondary N) is 2. The Morgan fingerprint density at radius 3 is 2.39 bits per heavy atom. The monoisotopic (exact) mass is 435 g/mol. The lowest BCUT2D eigenvalue weighted by Gasteiger charge is -2.14. The molecule has 0 fully saturated rings. The molecule has 0 aliphatic heterocycles. The standard InChI is InChI=1S/C17H29N3O2.HI/c1-5-18-17(19-11-10-13(2)3)20-12-16(21)14-6-8-15(22-4)9-7-14;/h6-9,13,16,21H,5,10-12H2,1-4H3,(H2,18,19,20);1H. The van der Waals surface area contributed by atoms with Crippen LogP contribution in [0.15, 0.2) is 29.3 Å². The topological polar surface area (TPSA) is 65.9 Å². The predicted molar refractivity (Wildman–Crippen MR) is 107 cm³/mol. The summed E-state index contributed by atoms with van der Waals surface area (Å²) in [4.78, 5) is 4.44. The Labute approximate surface area is 156 Å². The second-order valence-corrected chi connectivity index (χ2v) is 5.62. The average molecular weight is 435 g/mol. The van der Waals surface area contributed by atoms with E-state index < -0.39 is 6.10 Å². The quantitative estimate of drug-likeness (QED) is 0.334. The molecule has 0 aliphatic rings. The molecular weight excluding hydrogens is 405 g/mol. The van der Waals surface area contributed by atoms with E-state index in [2.05, 4.69) is 29.5 Å². The molecular formula is C17H30IN3O2. The van der Waals surface area contributed by atoms with Crippen molar-refractivity contribution in [2.75, 3.05) is 26.7 Å². The van der Waals surface area contributed by atoms with Gasteiger partial charge in [0.1, 0.15) is 5.75 Å². The third-order valence-corrected chi connectivity index (χ3v) is 3.28. The molecule has 23 heavy (non-hydrogen) atoms. The van der Waals surface area contributed by atoms with E-state index in [1.54, 1.807) is 7.11 Å². The van der Waals surface area contributed by atoms with E-state index in [0.717, 1.165) is 36.8 Å². The highest BCUT2D eigenvalue weighted by molar-refractivity contribution is 14.0. The maximum Gasteiger partial charge on any atom is 0.191 e. The minimum absolute atomic E-state index is 0. The van der Waals surface area contributed by atoms with E-state index in [1.165, 1.54) is 0 Å². The average Bonchev–Trinajstić information content (AvgIpc) is 2.52. The lowest BCUT2D eigenvalue weighted by atomic mass is 10.1. The molecule has 0 bridgehead atoms. The summed E-state index contributed by atoms with van der Waals surface area (Å²) in [6.45, 7) is 8.41. The van der Waals surface area contributed by atoms with E-state index in [9.17, 15) is 5.11 Å². The van der Waals surface area contributed by atoms with E-state index in [0.29, 0.717) is 12.5 Å². The van der Waals surface area contributed by atoms with Crippen molar-refractivity contribution in [1.82, 2.24) is 10.6 Å². The lowest BCUT2D eigenvalue weighted by molar-refractivity contribution is 0.187. The van der Waals surface area contributed by atoms with Crippen LogP contribution in [0.25, 0.3) is 0 Å². The van der Waals surface area contributed by atoms with Gasteiger partial charge in [-0.2, -0.15) is 0 Å². The van der Waals surface area contributed by atoms with E-state index in [-0.39, 0.29) is 24.0 Å². The molecule has 1 unspecified atom stereocenters. The van der Waals surface area contributed by atoms with Gasteiger partial charge in [-0.25, -0.2) is 0 Å². The number of ether oxygens (including phenoxy) is 1. The highest BCUT2D eigenvalue weighted by atomic mass is 127. The summed E-state index contributed by atoms with van der Waals surface area (Å²) < 4.78 is 5.11. The van der Waals surface area contributed by atoms with Crippen LogP contribution in [0.1, 0.15) is 38.9 Å². The molecule has 0 radical (unpaired) electrons. The number of hydrogen-bond acceptors (Lipinski definition) is 3. The molecule has 1 aromatic rings. The minimum Gasteiger partial charge on any atom is -0.497 e. The van der Waals surface area contributed by atoms with Crippen LogP contribution in [0.2, 0.25) is 0 Å². The number of aliphatic hydroxyl groups is 1. The van der Waals surface area contributed by atoms with Crippen LogP contribution in [-0.2, 0) is 0 Å². The number of rotatable bonds is 8. The summed E-state index contributed by atoms with van der Waals surface area (Å²) >= 11 is 0. The third kappa shape index (κ3) is 9.00. The summed E-state index contributed by atoms with van der Waals surface area (Å²) in [5, 5.41) is 16.7. The normalized spacial score (nSPS) is 12.5. The molecule has 1 atom stereocenters. The number of halogens is 1. The van der Waals surface area contributed by atoms with Crippen molar-refractivity contribution in [3.63, 3.8) is 0 Å². The molecule has 132 valence electrons. The Hall–Kier alpha value is -1.02. The highest BCUT2D eigenvalue weighted by Gasteiger charge is 2.07. The van der Waals surface area contributed by atoms with Gasteiger partial charge in [0.25, 0.3) is 0 Å². The van der Waals surface area contributed by atoms with Gasteiger partial charge in [-0.1, -0.05) is 26.0 Å². The number of benzene rings is 1. The third-order valence-electron chi connectivity index (χ3n) is 3.28.